The molecule has 2 unspecified atom stereocenters. The molecule has 0 fully saturated rings. The van der Waals surface area contributed by atoms with Gasteiger partial charge in [-0.3, -0.25) is 0 Å². The van der Waals surface area contributed by atoms with E-state index in [2.05, 4.69) is 22.6 Å². The fourth-order valence-electron chi connectivity index (χ4n) is 1.83. The van der Waals surface area contributed by atoms with Crippen LogP contribution >= 0.6 is 0 Å². The number of alkyl halides is 5. The van der Waals surface area contributed by atoms with Crippen molar-refractivity contribution in [3.8, 4) is 0 Å². The second-order valence-corrected chi connectivity index (χ2v) is 4.09. The zero-order chi connectivity index (χ0) is 16.0. The first-order valence-corrected chi connectivity index (χ1v) is 5.55. The number of allylic oxidation sites excluding steroid dienone is 2. The van der Waals surface area contributed by atoms with Gasteiger partial charge in [0.2, 0.25) is 5.60 Å². The van der Waals surface area contributed by atoms with E-state index in [9.17, 15) is 26.3 Å². The summed E-state index contributed by atoms with van der Waals surface area (Å²) in [4.78, 5) is 0. The Labute approximate surface area is 113 Å². The number of hydrogen-bond donors (Lipinski definition) is 0. The first-order chi connectivity index (χ1) is 9.13. The number of methoxy groups -OCH3 is 1. The maximum Gasteiger partial charge on any atom is 0.423 e. The molecule has 0 N–H and O–H groups in total. The second kappa shape index (κ2) is 7.68. The highest BCUT2D eigenvalue weighted by atomic mass is 19.4. The van der Waals surface area contributed by atoms with Crippen molar-refractivity contribution < 1.29 is 35.8 Å². The minimum absolute atomic E-state index is 0.517. The quantitative estimate of drug-likeness (QED) is 0.360. The van der Waals surface area contributed by atoms with E-state index in [-0.39, 0.29) is 0 Å². The fraction of sp³-hybridized carbons (Fsp3) is 0.667. The average molecular weight is 306 g/mol. The van der Waals surface area contributed by atoms with Crippen molar-refractivity contribution in [1.82, 2.24) is 0 Å². The number of hydrogen-bond acceptors (Lipinski definition) is 2. The van der Waals surface area contributed by atoms with Gasteiger partial charge in [-0.2, -0.15) is 13.2 Å². The lowest BCUT2D eigenvalue weighted by atomic mass is 9.81. The third kappa shape index (κ3) is 4.24. The van der Waals surface area contributed by atoms with E-state index in [0.29, 0.717) is 0 Å². The van der Waals surface area contributed by atoms with Gasteiger partial charge >= 0.3 is 6.18 Å². The molecule has 0 saturated carbocycles. The predicted molar refractivity (Wildman–Crippen MR) is 60.9 cm³/mol. The summed E-state index contributed by atoms with van der Waals surface area (Å²) in [6, 6.07) is 0. The Morgan fingerprint density at radius 1 is 1.30 bits per heavy atom. The minimum Gasteiger partial charge on any atom is -0.359 e. The van der Waals surface area contributed by atoms with Crippen LogP contribution in [0.2, 0.25) is 0 Å². The van der Waals surface area contributed by atoms with Crippen molar-refractivity contribution in [2.45, 2.75) is 31.0 Å². The summed E-state index contributed by atoms with van der Waals surface area (Å²) < 4.78 is 87.0. The van der Waals surface area contributed by atoms with Crippen molar-refractivity contribution in [3.63, 3.8) is 0 Å². The van der Waals surface area contributed by atoms with E-state index < -0.39 is 49.6 Å². The summed E-state index contributed by atoms with van der Waals surface area (Å²) in [5, 5.41) is 0. The van der Waals surface area contributed by atoms with Crippen LogP contribution in [0.25, 0.3) is 0 Å². The van der Waals surface area contributed by atoms with Crippen molar-refractivity contribution >= 4 is 0 Å². The van der Waals surface area contributed by atoms with E-state index in [1.54, 1.807) is 0 Å². The molecule has 0 saturated heterocycles. The van der Waals surface area contributed by atoms with E-state index in [1.165, 1.54) is 0 Å². The average Bonchev–Trinajstić information content (AvgIpc) is 2.27. The molecule has 0 amide bonds. The molecular formula is C12H16F6O2. The molecule has 0 radical (unpaired) electrons. The molecular weight excluding hydrogens is 290 g/mol. The van der Waals surface area contributed by atoms with Gasteiger partial charge in [0, 0.05) is 19.4 Å². The highest BCUT2D eigenvalue weighted by molar-refractivity contribution is 5.03. The lowest BCUT2D eigenvalue weighted by molar-refractivity contribution is -0.349. The van der Waals surface area contributed by atoms with Crippen LogP contribution in [0.3, 0.4) is 0 Å². The molecule has 20 heavy (non-hydrogen) atoms. The largest absolute Gasteiger partial charge is 0.423 e. The Bertz CT molecular complexity index is 328. The van der Waals surface area contributed by atoms with Crippen molar-refractivity contribution in [2.24, 2.45) is 5.92 Å². The fourth-order valence-corrected chi connectivity index (χ4v) is 1.83. The zero-order valence-corrected chi connectivity index (χ0v) is 10.9. The highest BCUT2D eigenvalue weighted by Crippen LogP contribution is 2.47. The molecule has 0 aliphatic heterocycles. The topological polar surface area (TPSA) is 18.5 Å². The van der Waals surface area contributed by atoms with Gasteiger partial charge in [0.1, 0.15) is 6.79 Å². The Hall–Kier alpha value is -1.02. The van der Waals surface area contributed by atoms with Crippen LogP contribution in [0.1, 0.15) is 12.8 Å². The van der Waals surface area contributed by atoms with Crippen molar-refractivity contribution in [2.75, 3.05) is 13.9 Å². The number of rotatable bonds is 9. The van der Waals surface area contributed by atoms with E-state index in [4.69, 9.17) is 0 Å². The molecule has 0 heterocycles. The summed E-state index contributed by atoms with van der Waals surface area (Å²) >= 11 is 0. The lowest BCUT2D eigenvalue weighted by Gasteiger charge is -2.40. The molecule has 0 aromatic carbocycles. The van der Waals surface area contributed by atoms with Crippen LogP contribution in [-0.2, 0) is 9.47 Å². The third-order valence-electron chi connectivity index (χ3n) is 2.71. The molecule has 0 aliphatic rings. The van der Waals surface area contributed by atoms with Gasteiger partial charge in [-0.15, -0.1) is 6.58 Å². The molecule has 0 aliphatic carbocycles. The normalized spacial score (nSPS) is 16.8. The van der Waals surface area contributed by atoms with Crippen molar-refractivity contribution in [1.29, 1.82) is 0 Å². The van der Waals surface area contributed by atoms with Crippen LogP contribution in [-0.4, -0.2) is 32.1 Å². The Morgan fingerprint density at radius 2 is 1.85 bits per heavy atom. The van der Waals surface area contributed by atoms with Crippen LogP contribution in [0.4, 0.5) is 26.3 Å². The first-order valence-electron chi connectivity index (χ1n) is 5.55. The summed E-state index contributed by atoms with van der Waals surface area (Å²) in [7, 11) is 0.989. The van der Waals surface area contributed by atoms with Crippen molar-refractivity contribution in [3.05, 3.63) is 25.1 Å². The van der Waals surface area contributed by atoms with Gasteiger partial charge in [0.15, 0.2) is 0 Å². The molecule has 2 atom stereocenters. The van der Waals surface area contributed by atoms with Crippen LogP contribution in [0, 0.1) is 5.92 Å². The van der Waals surface area contributed by atoms with Gasteiger partial charge in [-0.05, 0) is 6.42 Å². The first kappa shape index (κ1) is 19.0. The zero-order valence-electron chi connectivity index (χ0n) is 10.9. The molecule has 2 nitrogen and oxygen atoms in total. The van der Waals surface area contributed by atoms with Crippen LogP contribution in [0.15, 0.2) is 25.1 Å². The van der Waals surface area contributed by atoms with Gasteiger partial charge in [0.05, 0.1) is 5.83 Å². The lowest BCUT2D eigenvalue weighted by Crippen LogP contribution is -2.59. The molecule has 8 heteroatoms. The maximum atomic E-state index is 13.1. The summed E-state index contributed by atoms with van der Waals surface area (Å²) in [6.45, 7) is 5.00. The van der Waals surface area contributed by atoms with E-state index in [1.807, 2.05) is 0 Å². The second-order valence-electron chi connectivity index (χ2n) is 4.09. The molecule has 0 bridgehead atoms. The SMILES string of the molecule is C=CCC(CC(=C)F)C(OCOC)(C(F)F)C(F)(F)F. The highest BCUT2D eigenvalue weighted by Gasteiger charge is 2.66. The van der Waals surface area contributed by atoms with Gasteiger partial charge in [0.25, 0.3) is 6.43 Å². The van der Waals surface area contributed by atoms with E-state index in [0.717, 1.165) is 13.2 Å². The number of halogens is 6. The minimum atomic E-state index is -5.41. The van der Waals surface area contributed by atoms with Gasteiger partial charge in [-0.25, -0.2) is 13.2 Å². The van der Waals surface area contributed by atoms with Crippen LogP contribution < -0.4 is 0 Å². The summed E-state index contributed by atoms with van der Waals surface area (Å²) in [5.41, 5.74) is -3.84. The standard InChI is InChI=1S/C12H16F6O2/c1-4-5-9(6-8(2)13)11(10(14)15,12(16,17)18)20-7-19-3/h4,9-10H,1-2,5-7H2,3H3. The van der Waals surface area contributed by atoms with Crippen LogP contribution in [0.5, 0.6) is 0 Å². The third-order valence-corrected chi connectivity index (χ3v) is 2.71. The molecule has 0 aromatic rings. The molecule has 0 rings (SSSR count). The summed E-state index contributed by atoms with van der Waals surface area (Å²) in [5.74, 6) is -3.04. The maximum absolute atomic E-state index is 13.1. The smallest absolute Gasteiger partial charge is 0.359 e. The molecule has 0 aromatic heterocycles. The van der Waals surface area contributed by atoms with Gasteiger partial charge < -0.3 is 9.47 Å². The predicted octanol–water partition coefficient (Wildman–Crippen LogP) is 4.24. The Morgan fingerprint density at radius 3 is 2.15 bits per heavy atom. The Balaban J connectivity index is 5.73. The van der Waals surface area contributed by atoms with E-state index >= 15 is 0 Å². The monoisotopic (exact) mass is 306 g/mol. The van der Waals surface area contributed by atoms with Gasteiger partial charge in [-0.1, -0.05) is 12.7 Å². The molecule has 118 valence electrons. The Kier molecular flexibility index (Phi) is 7.29. The molecule has 0 spiro atoms. The number of ether oxygens (including phenoxy) is 2. The summed E-state index contributed by atoms with van der Waals surface area (Å²) in [6.07, 6.45) is -9.77.